The molecular formula is C24H24N2O2S. The molecule has 0 saturated heterocycles. The van der Waals surface area contributed by atoms with Crippen LogP contribution in [0.15, 0.2) is 89.2 Å². The van der Waals surface area contributed by atoms with Crippen LogP contribution in [0.4, 0.5) is 5.69 Å². The quantitative estimate of drug-likeness (QED) is 0.496. The van der Waals surface area contributed by atoms with E-state index < -0.39 is 18.1 Å². The first-order chi connectivity index (χ1) is 14.0. The molecule has 3 rings (SSSR count). The van der Waals surface area contributed by atoms with E-state index in [-0.39, 0.29) is 0 Å². The van der Waals surface area contributed by atoms with Gasteiger partial charge in [-0.25, -0.2) is 0 Å². The summed E-state index contributed by atoms with van der Waals surface area (Å²) in [6.45, 7) is 1.08. The fourth-order valence-electron chi connectivity index (χ4n) is 2.57. The van der Waals surface area contributed by atoms with Gasteiger partial charge >= 0.3 is 0 Å². The molecule has 3 aromatic carbocycles. The van der Waals surface area contributed by atoms with Crippen LogP contribution in [0.1, 0.15) is 12.5 Å². The fourth-order valence-corrected chi connectivity index (χ4v) is 3.25. The summed E-state index contributed by atoms with van der Waals surface area (Å²) in [5.74, 6) is -0.417. The highest BCUT2D eigenvalue weighted by atomic mass is 32.2. The van der Waals surface area contributed by atoms with Crippen molar-refractivity contribution in [3.63, 3.8) is 0 Å². The number of thioether (sulfide) groups is 1. The van der Waals surface area contributed by atoms with Gasteiger partial charge in [0, 0.05) is 10.6 Å². The number of hydrogen-bond donors (Lipinski definition) is 3. The second kappa shape index (κ2) is 9.56. The number of rotatable bonds is 7. The molecule has 0 aliphatic carbocycles. The summed E-state index contributed by atoms with van der Waals surface area (Å²) in [5.41, 5.74) is 8.61. The number of amides is 1. The van der Waals surface area contributed by atoms with Crippen LogP contribution in [0.2, 0.25) is 0 Å². The van der Waals surface area contributed by atoms with E-state index in [9.17, 15) is 4.79 Å². The minimum atomic E-state index is -1.30. The second-order valence-corrected chi connectivity index (χ2v) is 7.94. The second-order valence-electron chi connectivity index (χ2n) is 6.96. The molecule has 4 nitrogen and oxygen atoms in total. The number of carbonyl (C=O) groups is 1. The fraction of sp³-hybridized carbons (Fsp3) is 0.125. The lowest BCUT2D eigenvalue weighted by molar-refractivity contribution is -0.121. The van der Waals surface area contributed by atoms with E-state index in [1.54, 1.807) is 11.8 Å². The number of aliphatic hydroxyl groups excluding tert-OH is 1. The molecule has 0 fully saturated rings. The van der Waals surface area contributed by atoms with Crippen LogP contribution < -0.4 is 11.1 Å². The van der Waals surface area contributed by atoms with Crippen molar-refractivity contribution in [2.45, 2.75) is 17.4 Å². The molecule has 29 heavy (non-hydrogen) atoms. The van der Waals surface area contributed by atoms with Crippen molar-refractivity contribution in [1.82, 2.24) is 0 Å². The van der Waals surface area contributed by atoms with Crippen LogP contribution in [0.3, 0.4) is 0 Å². The molecule has 0 bridgehead atoms. The summed E-state index contributed by atoms with van der Waals surface area (Å²) in [5, 5.41) is 13.9. The highest BCUT2D eigenvalue weighted by Gasteiger charge is 2.27. The van der Waals surface area contributed by atoms with E-state index in [0.29, 0.717) is 5.69 Å². The standard InChI is InChI=1S/C24H24N2O2S/c1-24(25,17-27)23(28)26-21-11-13-22(14-12-21)29-16-15-18-7-9-20(10-8-18)19-5-3-2-4-6-19/h2-16,27H,17,25H2,1H3,(H,26,28). The number of benzene rings is 3. The third kappa shape index (κ3) is 5.81. The third-order valence-corrected chi connectivity index (χ3v) is 5.26. The largest absolute Gasteiger partial charge is 0.394 e. The average molecular weight is 405 g/mol. The van der Waals surface area contributed by atoms with Gasteiger partial charge in [0.2, 0.25) is 5.91 Å². The molecule has 5 heteroatoms. The molecule has 0 aliphatic heterocycles. The van der Waals surface area contributed by atoms with Gasteiger partial charge in [-0.15, -0.1) is 0 Å². The lowest BCUT2D eigenvalue weighted by Crippen LogP contribution is -2.51. The Morgan fingerprint density at radius 3 is 2.24 bits per heavy atom. The highest BCUT2D eigenvalue weighted by Crippen LogP contribution is 2.24. The Morgan fingerprint density at radius 1 is 1.00 bits per heavy atom. The van der Waals surface area contributed by atoms with Gasteiger partial charge in [-0.3, -0.25) is 4.79 Å². The first-order valence-corrected chi connectivity index (χ1v) is 10.2. The molecule has 0 radical (unpaired) electrons. The summed E-state index contributed by atoms with van der Waals surface area (Å²) >= 11 is 1.60. The van der Waals surface area contributed by atoms with Crippen molar-refractivity contribution in [3.05, 3.63) is 89.8 Å². The molecule has 148 valence electrons. The topological polar surface area (TPSA) is 75.3 Å². The van der Waals surface area contributed by atoms with E-state index in [1.165, 1.54) is 18.1 Å². The predicted molar refractivity (Wildman–Crippen MR) is 122 cm³/mol. The zero-order chi connectivity index (χ0) is 20.7. The van der Waals surface area contributed by atoms with Gasteiger partial charge in [0.1, 0.15) is 5.54 Å². The Balaban J connectivity index is 1.56. The molecule has 4 N–H and O–H groups in total. The number of carbonyl (C=O) groups excluding carboxylic acids is 1. The number of anilines is 1. The zero-order valence-electron chi connectivity index (χ0n) is 16.2. The monoisotopic (exact) mass is 404 g/mol. The zero-order valence-corrected chi connectivity index (χ0v) is 17.0. The molecule has 0 aliphatic rings. The van der Waals surface area contributed by atoms with E-state index in [4.69, 9.17) is 10.8 Å². The molecule has 1 unspecified atom stereocenters. The van der Waals surface area contributed by atoms with E-state index >= 15 is 0 Å². The van der Waals surface area contributed by atoms with Gasteiger partial charge in [0.05, 0.1) is 6.61 Å². The minimum Gasteiger partial charge on any atom is -0.394 e. The van der Waals surface area contributed by atoms with Crippen molar-refractivity contribution >= 4 is 29.4 Å². The van der Waals surface area contributed by atoms with Crippen molar-refractivity contribution in [1.29, 1.82) is 0 Å². The van der Waals surface area contributed by atoms with Crippen LogP contribution in [0, 0.1) is 0 Å². The molecule has 3 aromatic rings. The van der Waals surface area contributed by atoms with Crippen LogP contribution in [0.5, 0.6) is 0 Å². The van der Waals surface area contributed by atoms with Gasteiger partial charge < -0.3 is 16.2 Å². The molecule has 1 amide bonds. The maximum Gasteiger partial charge on any atom is 0.246 e. The maximum absolute atomic E-state index is 12.0. The first kappa shape index (κ1) is 20.9. The van der Waals surface area contributed by atoms with Crippen molar-refractivity contribution in [2.75, 3.05) is 11.9 Å². The summed E-state index contributed by atoms with van der Waals surface area (Å²) < 4.78 is 0. The lowest BCUT2D eigenvalue weighted by Gasteiger charge is -2.20. The number of nitrogens with one attached hydrogen (secondary N) is 1. The highest BCUT2D eigenvalue weighted by molar-refractivity contribution is 8.02. The van der Waals surface area contributed by atoms with Crippen molar-refractivity contribution < 1.29 is 9.90 Å². The Morgan fingerprint density at radius 2 is 1.62 bits per heavy atom. The van der Waals surface area contributed by atoms with Gasteiger partial charge in [-0.2, -0.15) is 0 Å². The Labute approximate surface area is 175 Å². The van der Waals surface area contributed by atoms with Gasteiger partial charge in [-0.1, -0.05) is 66.4 Å². The number of aliphatic hydroxyl groups is 1. The molecule has 1 atom stereocenters. The summed E-state index contributed by atoms with van der Waals surface area (Å²) in [6, 6.07) is 26.2. The maximum atomic E-state index is 12.0. The van der Waals surface area contributed by atoms with Crippen LogP contribution in [-0.2, 0) is 4.79 Å². The molecule has 0 heterocycles. The average Bonchev–Trinajstić information content (AvgIpc) is 2.76. The lowest BCUT2D eigenvalue weighted by atomic mass is 10.0. The molecular weight excluding hydrogens is 380 g/mol. The summed E-state index contributed by atoms with van der Waals surface area (Å²) in [7, 11) is 0. The first-order valence-electron chi connectivity index (χ1n) is 9.28. The van der Waals surface area contributed by atoms with Gasteiger partial charge in [0.15, 0.2) is 0 Å². The normalized spacial score (nSPS) is 13.2. The SMILES string of the molecule is CC(N)(CO)C(=O)Nc1ccc(SC=Cc2ccc(-c3ccccc3)cc2)cc1. The molecule has 0 aromatic heterocycles. The molecule has 0 spiro atoms. The van der Waals surface area contributed by atoms with Gasteiger partial charge in [0.25, 0.3) is 0 Å². The summed E-state index contributed by atoms with van der Waals surface area (Å²) in [6.07, 6.45) is 2.07. The smallest absolute Gasteiger partial charge is 0.246 e. The Bertz CT molecular complexity index is 966. The van der Waals surface area contributed by atoms with Crippen molar-refractivity contribution in [3.8, 4) is 11.1 Å². The van der Waals surface area contributed by atoms with Gasteiger partial charge in [-0.05, 0) is 59.4 Å². The van der Waals surface area contributed by atoms with E-state index in [2.05, 4.69) is 47.8 Å². The minimum absolute atomic E-state index is 0.413. The van der Waals surface area contributed by atoms with Crippen LogP contribution in [0.25, 0.3) is 17.2 Å². The van der Waals surface area contributed by atoms with Crippen LogP contribution >= 0.6 is 11.8 Å². The molecule has 0 saturated carbocycles. The van der Waals surface area contributed by atoms with Crippen molar-refractivity contribution in [2.24, 2.45) is 5.73 Å². The number of hydrogen-bond acceptors (Lipinski definition) is 4. The van der Waals surface area contributed by atoms with E-state index in [0.717, 1.165) is 10.5 Å². The Hall–Kier alpha value is -2.86. The van der Waals surface area contributed by atoms with Crippen LogP contribution in [-0.4, -0.2) is 23.2 Å². The number of nitrogens with two attached hydrogens (primary N) is 1. The predicted octanol–water partition coefficient (Wildman–Crippen LogP) is 4.76. The Kier molecular flexibility index (Phi) is 6.88. The third-order valence-electron chi connectivity index (χ3n) is 4.44. The summed E-state index contributed by atoms with van der Waals surface area (Å²) in [4.78, 5) is 13.0. The van der Waals surface area contributed by atoms with E-state index in [1.807, 2.05) is 47.9 Å².